The molecular weight excluding hydrogens is 194 g/mol. The number of hydrogen-bond acceptors (Lipinski definition) is 5. The Bertz CT molecular complexity index is 286. The molecule has 2 N–H and O–H groups in total. The number of hydrogen-bond donors (Lipinski definition) is 1. The van der Waals surface area contributed by atoms with Crippen LogP contribution in [0.4, 0.5) is 0 Å². The minimum absolute atomic E-state index is 0.420. The second-order valence-electron chi connectivity index (χ2n) is 3.46. The summed E-state index contributed by atoms with van der Waals surface area (Å²) in [4.78, 5) is 4.30. The highest BCUT2D eigenvalue weighted by atomic mass is 16.5. The molecule has 0 aliphatic rings. The summed E-state index contributed by atoms with van der Waals surface area (Å²) < 4.78 is 10.6. The number of methoxy groups -OCH3 is 1. The maximum Gasteiger partial charge on any atom is 0.228 e. The van der Waals surface area contributed by atoms with Crippen LogP contribution in [0.2, 0.25) is 0 Å². The number of nitrogens with zero attached hydrogens (tertiary/aromatic N) is 2. The molecule has 0 fully saturated rings. The SMILES string of the molecule is CCC(CC)(OC)c1noc(CCN)n1. The van der Waals surface area contributed by atoms with Gasteiger partial charge in [0.2, 0.25) is 11.7 Å². The fraction of sp³-hybridized carbons (Fsp3) is 0.800. The van der Waals surface area contributed by atoms with E-state index in [9.17, 15) is 0 Å². The zero-order valence-electron chi connectivity index (χ0n) is 9.62. The van der Waals surface area contributed by atoms with Crippen LogP contribution in [0.3, 0.4) is 0 Å². The van der Waals surface area contributed by atoms with E-state index in [0.29, 0.717) is 24.7 Å². The van der Waals surface area contributed by atoms with Crippen molar-refractivity contribution in [2.45, 2.75) is 38.7 Å². The molecule has 1 rings (SSSR count). The molecule has 0 unspecified atom stereocenters. The first-order chi connectivity index (χ1) is 7.22. The summed E-state index contributed by atoms with van der Waals surface area (Å²) in [7, 11) is 1.67. The lowest BCUT2D eigenvalue weighted by molar-refractivity contribution is -0.0306. The Morgan fingerprint density at radius 3 is 2.53 bits per heavy atom. The van der Waals surface area contributed by atoms with Gasteiger partial charge in [0.05, 0.1) is 0 Å². The molecule has 0 aromatic carbocycles. The zero-order chi connectivity index (χ0) is 11.3. The first-order valence-corrected chi connectivity index (χ1v) is 5.30. The Balaban J connectivity index is 2.91. The van der Waals surface area contributed by atoms with Crippen LogP contribution in [0.15, 0.2) is 4.52 Å². The van der Waals surface area contributed by atoms with Gasteiger partial charge in [0.1, 0.15) is 5.60 Å². The fourth-order valence-corrected chi connectivity index (χ4v) is 1.61. The van der Waals surface area contributed by atoms with Crippen LogP contribution in [-0.4, -0.2) is 23.8 Å². The molecule has 0 radical (unpaired) electrons. The van der Waals surface area contributed by atoms with Crippen molar-refractivity contribution in [2.75, 3.05) is 13.7 Å². The van der Waals surface area contributed by atoms with E-state index in [1.54, 1.807) is 7.11 Å². The van der Waals surface area contributed by atoms with Crippen LogP contribution in [0.1, 0.15) is 38.4 Å². The molecular formula is C10H19N3O2. The van der Waals surface area contributed by atoms with Gasteiger partial charge in [0.25, 0.3) is 0 Å². The van der Waals surface area contributed by atoms with E-state index < -0.39 is 5.60 Å². The Kier molecular flexibility index (Phi) is 4.23. The third-order valence-electron chi connectivity index (χ3n) is 2.77. The van der Waals surface area contributed by atoms with Crippen LogP contribution >= 0.6 is 0 Å². The van der Waals surface area contributed by atoms with E-state index in [4.69, 9.17) is 15.0 Å². The van der Waals surface area contributed by atoms with Gasteiger partial charge in [-0.1, -0.05) is 19.0 Å². The normalized spacial score (nSPS) is 12.0. The second kappa shape index (κ2) is 5.23. The molecule has 15 heavy (non-hydrogen) atoms. The van der Waals surface area contributed by atoms with E-state index in [1.807, 2.05) is 13.8 Å². The largest absolute Gasteiger partial charge is 0.370 e. The van der Waals surface area contributed by atoms with Gasteiger partial charge in [-0.25, -0.2) is 0 Å². The summed E-state index contributed by atoms with van der Waals surface area (Å²) in [6.45, 7) is 4.61. The maximum absolute atomic E-state index is 5.50. The molecule has 0 saturated carbocycles. The molecule has 0 aliphatic heterocycles. The summed E-state index contributed by atoms with van der Waals surface area (Å²) in [6, 6.07) is 0. The predicted molar refractivity (Wildman–Crippen MR) is 56.3 cm³/mol. The Hall–Kier alpha value is -0.940. The molecule has 0 saturated heterocycles. The zero-order valence-corrected chi connectivity index (χ0v) is 9.62. The van der Waals surface area contributed by atoms with Gasteiger partial charge < -0.3 is 15.0 Å². The van der Waals surface area contributed by atoms with Crippen molar-refractivity contribution < 1.29 is 9.26 Å². The molecule has 5 nitrogen and oxygen atoms in total. The molecule has 86 valence electrons. The van der Waals surface area contributed by atoms with Crippen molar-refractivity contribution in [2.24, 2.45) is 5.73 Å². The average Bonchev–Trinajstić information content (AvgIpc) is 2.71. The highest BCUT2D eigenvalue weighted by Crippen LogP contribution is 2.29. The summed E-state index contributed by atoms with van der Waals surface area (Å²) in [5.41, 5.74) is 5.00. The highest BCUT2D eigenvalue weighted by molar-refractivity contribution is 5.01. The molecule has 0 amide bonds. The van der Waals surface area contributed by atoms with Crippen LogP contribution in [0, 0.1) is 0 Å². The molecule has 0 spiro atoms. The van der Waals surface area contributed by atoms with Crippen LogP contribution in [0.5, 0.6) is 0 Å². The van der Waals surface area contributed by atoms with Gasteiger partial charge in [-0.15, -0.1) is 0 Å². The minimum atomic E-state index is -0.420. The minimum Gasteiger partial charge on any atom is -0.370 e. The smallest absolute Gasteiger partial charge is 0.228 e. The topological polar surface area (TPSA) is 74.2 Å². The maximum atomic E-state index is 5.50. The van der Waals surface area contributed by atoms with Crippen molar-refractivity contribution in [1.29, 1.82) is 0 Å². The van der Waals surface area contributed by atoms with E-state index >= 15 is 0 Å². The fourth-order valence-electron chi connectivity index (χ4n) is 1.61. The second-order valence-corrected chi connectivity index (χ2v) is 3.46. The molecule has 1 aromatic heterocycles. The van der Waals surface area contributed by atoms with Crippen molar-refractivity contribution in [3.63, 3.8) is 0 Å². The third kappa shape index (κ3) is 2.35. The third-order valence-corrected chi connectivity index (χ3v) is 2.77. The molecule has 0 atom stereocenters. The van der Waals surface area contributed by atoms with E-state index in [1.165, 1.54) is 0 Å². The van der Waals surface area contributed by atoms with Crippen molar-refractivity contribution >= 4 is 0 Å². The van der Waals surface area contributed by atoms with E-state index in [-0.39, 0.29) is 0 Å². The molecule has 0 bridgehead atoms. The predicted octanol–water partition coefficient (Wildman–Crippen LogP) is 1.23. The number of rotatable bonds is 6. The summed E-state index contributed by atoms with van der Waals surface area (Å²) in [5, 5.41) is 3.95. The summed E-state index contributed by atoms with van der Waals surface area (Å²) in [5.74, 6) is 1.20. The first-order valence-electron chi connectivity index (χ1n) is 5.30. The van der Waals surface area contributed by atoms with Gasteiger partial charge in [-0.2, -0.15) is 4.98 Å². The summed E-state index contributed by atoms with van der Waals surface area (Å²) in [6.07, 6.45) is 2.25. The Labute approximate surface area is 90.0 Å². The van der Waals surface area contributed by atoms with Crippen molar-refractivity contribution in [1.82, 2.24) is 10.1 Å². The number of ether oxygens (including phenoxy) is 1. The number of nitrogens with two attached hydrogens (primary N) is 1. The monoisotopic (exact) mass is 213 g/mol. The van der Waals surface area contributed by atoms with Gasteiger partial charge in [-0.05, 0) is 12.8 Å². The van der Waals surface area contributed by atoms with Gasteiger partial charge in [0, 0.05) is 20.1 Å². The molecule has 0 aliphatic carbocycles. The summed E-state index contributed by atoms with van der Waals surface area (Å²) >= 11 is 0. The molecule has 5 heteroatoms. The van der Waals surface area contributed by atoms with E-state index in [2.05, 4.69) is 10.1 Å². The molecule has 1 aromatic rings. The average molecular weight is 213 g/mol. The standard InChI is InChI=1S/C10H19N3O2/c1-4-10(5-2,14-3)9-12-8(6-7-11)15-13-9/h4-7,11H2,1-3H3. The van der Waals surface area contributed by atoms with Crippen LogP contribution in [-0.2, 0) is 16.8 Å². The molecule has 1 heterocycles. The van der Waals surface area contributed by atoms with Gasteiger partial charge in [0.15, 0.2) is 0 Å². The highest BCUT2D eigenvalue weighted by Gasteiger charge is 2.33. The van der Waals surface area contributed by atoms with Gasteiger partial charge in [-0.3, -0.25) is 0 Å². The van der Waals surface area contributed by atoms with E-state index in [0.717, 1.165) is 12.8 Å². The lowest BCUT2D eigenvalue weighted by Gasteiger charge is -2.25. The number of aromatic nitrogens is 2. The Morgan fingerprint density at radius 1 is 1.40 bits per heavy atom. The van der Waals surface area contributed by atoms with Crippen molar-refractivity contribution in [3.8, 4) is 0 Å². The lowest BCUT2D eigenvalue weighted by Crippen LogP contribution is -2.28. The Morgan fingerprint density at radius 2 is 2.07 bits per heavy atom. The first kappa shape index (κ1) is 12.1. The van der Waals surface area contributed by atoms with Gasteiger partial charge >= 0.3 is 0 Å². The quantitative estimate of drug-likeness (QED) is 0.769. The van der Waals surface area contributed by atoms with Crippen LogP contribution < -0.4 is 5.73 Å². The van der Waals surface area contributed by atoms with Crippen molar-refractivity contribution in [3.05, 3.63) is 11.7 Å². The van der Waals surface area contributed by atoms with Crippen LogP contribution in [0.25, 0.3) is 0 Å². The lowest BCUT2D eigenvalue weighted by atomic mass is 9.96.